The van der Waals surface area contributed by atoms with Crippen LogP contribution < -0.4 is 0 Å². The highest BCUT2D eigenvalue weighted by atomic mass is 32.2. The first-order valence-corrected chi connectivity index (χ1v) is 5.13. The molecule has 0 aliphatic heterocycles. The second kappa shape index (κ2) is 4.01. The van der Waals surface area contributed by atoms with Gasteiger partial charge in [-0.1, -0.05) is 0 Å². The lowest BCUT2D eigenvalue weighted by Gasteiger charge is -2.22. The summed E-state index contributed by atoms with van der Waals surface area (Å²) in [6.45, 7) is 0.0341. The summed E-state index contributed by atoms with van der Waals surface area (Å²) in [4.78, 5) is 0. The second-order valence-electron chi connectivity index (χ2n) is 2.77. The Bertz CT molecular complexity index is 280. The van der Waals surface area contributed by atoms with E-state index in [1.54, 1.807) is 0 Å². The third-order valence-corrected chi connectivity index (χ3v) is 2.77. The Hall–Kier alpha value is -0.370. The average molecular weight is 238 g/mol. The van der Waals surface area contributed by atoms with E-state index in [1.165, 1.54) is 0 Å². The number of rotatable bonds is 5. The number of alkyl halides is 4. The Morgan fingerprint density at radius 3 is 1.93 bits per heavy atom. The summed E-state index contributed by atoms with van der Waals surface area (Å²) < 4.78 is 74.4. The van der Waals surface area contributed by atoms with E-state index < -0.39 is 34.1 Å². The fraction of sp³-hybridized carbons (Fsp3) is 1.00. The normalized spacial score (nSPS) is 14.4. The fourth-order valence-corrected chi connectivity index (χ4v) is 1.23. The molecule has 0 aliphatic carbocycles. The molecule has 0 rings (SSSR count). The maximum Gasteiger partial charge on any atom is 0.311 e. The van der Waals surface area contributed by atoms with Crippen LogP contribution in [0.25, 0.3) is 0 Å². The lowest BCUT2D eigenvalue weighted by molar-refractivity contribution is -0.198. The molecule has 0 fully saturated rings. The van der Waals surface area contributed by atoms with Crippen molar-refractivity contribution < 1.29 is 30.2 Å². The zero-order valence-electron chi connectivity index (χ0n) is 7.56. The predicted molar refractivity (Wildman–Crippen MR) is 41.0 cm³/mol. The van der Waals surface area contributed by atoms with E-state index >= 15 is 0 Å². The topological polar surface area (TPSA) is 43.4 Å². The summed E-state index contributed by atoms with van der Waals surface area (Å²) in [6.07, 6.45) is -1.47. The first-order valence-electron chi connectivity index (χ1n) is 3.56. The minimum absolute atomic E-state index is 0.0341. The summed E-state index contributed by atoms with van der Waals surface area (Å²) in [6, 6.07) is 0. The molecule has 0 aromatic rings. The molecular formula is C6H10F4O3S. The predicted octanol–water partition coefficient (Wildman–Crippen LogP) is 1.64. The lowest BCUT2D eigenvalue weighted by atomic mass is 10.1. The molecule has 0 aliphatic rings. The van der Waals surface area contributed by atoms with Crippen LogP contribution in [0.4, 0.5) is 17.6 Å². The molecule has 0 amide bonds. The summed E-state index contributed by atoms with van der Waals surface area (Å²) in [7, 11) is -3.35. The van der Waals surface area contributed by atoms with Crippen molar-refractivity contribution in [1.82, 2.24) is 0 Å². The van der Waals surface area contributed by atoms with Gasteiger partial charge in [0.05, 0.1) is 12.9 Å². The second-order valence-corrected chi connectivity index (χ2v) is 4.63. The van der Waals surface area contributed by atoms with Gasteiger partial charge in [-0.25, -0.2) is 8.78 Å². The first-order chi connectivity index (χ1) is 6.02. The van der Waals surface area contributed by atoms with E-state index in [0.29, 0.717) is 0 Å². The zero-order chi connectivity index (χ0) is 11.6. The van der Waals surface area contributed by atoms with Crippen LogP contribution in [-0.2, 0) is 14.3 Å². The van der Waals surface area contributed by atoms with Crippen LogP contribution in [0.3, 0.4) is 0 Å². The van der Waals surface area contributed by atoms with Crippen LogP contribution in [0.2, 0.25) is 0 Å². The fourth-order valence-electron chi connectivity index (χ4n) is 0.556. The highest BCUT2D eigenvalue weighted by Crippen LogP contribution is 2.36. The maximum atomic E-state index is 12.5. The van der Waals surface area contributed by atoms with E-state index in [0.717, 1.165) is 7.11 Å². The zero-order valence-corrected chi connectivity index (χ0v) is 8.38. The van der Waals surface area contributed by atoms with Crippen LogP contribution >= 0.6 is 0 Å². The minimum atomic E-state index is -4.35. The molecule has 0 unspecified atom stereocenters. The van der Waals surface area contributed by atoms with Crippen molar-refractivity contribution >= 4 is 10.1 Å². The lowest BCUT2D eigenvalue weighted by Crippen LogP contribution is -2.39. The number of hydrogen-bond donors (Lipinski definition) is 0. The maximum absolute atomic E-state index is 12.5. The van der Waals surface area contributed by atoms with Gasteiger partial charge in [0.25, 0.3) is 10.1 Å². The Labute approximate surface area is 79.2 Å². The van der Waals surface area contributed by atoms with E-state index in [2.05, 4.69) is 4.18 Å². The molecule has 0 saturated heterocycles. The largest absolute Gasteiger partial charge is 0.311 e. The summed E-state index contributed by atoms with van der Waals surface area (Å²) in [5, 5.41) is 0. The standard InChI is InChI=1S/C6H10F4O3S/c1-5(7,8)6(9,10)3-4-14(11,12)13-2/h3-4H2,1-2H3. The van der Waals surface area contributed by atoms with E-state index in [-0.39, 0.29) is 6.92 Å². The summed E-state index contributed by atoms with van der Waals surface area (Å²) >= 11 is 0. The monoisotopic (exact) mass is 238 g/mol. The van der Waals surface area contributed by atoms with Crippen LogP contribution in [-0.4, -0.2) is 33.1 Å². The highest BCUT2D eigenvalue weighted by molar-refractivity contribution is 7.86. The Morgan fingerprint density at radius 1 is 1.21 bits per heavy atom. The third-order valence-electron chi connectivity index (χ3n) is 1.56. The van der Waals surface area contributed by atoms with Crippen molar-refractivity contribution in [1.29, 1.82) is 0 Å². The van der Waals surface area contributed by atoms with Crippen molar-refractivity contribution in [3.05, 3.63) is 0 Å². The van der Waals surface area contributed by atoms with Crippen LogP contribution in [0, 0.1) is 0 Å². The van der Waals surface area contributed by atoms with E-state index in [1.807, 2.05) is 0 Å². The molecule has 14 heavy (non-hydrogen) atoms. The van der Waals surface area contributed by atoms with Gasteiger partial charge in [-0.2, -0.15) is 17.2 Å². The first kappa shape index (κ1) is 13.6. The van der Waals surface area contributed by atoms with Crippen molar-refractivity contribution in [3.63, 3.8) is 0 Å². The molecule has 0 aromatic carbocycles. The molecular weight excluding hydrogens is 228 g/mol. The third kappa shape index (κ3) is 3.79. The van der Waals surface area contributed by atoms with Crippen LogP contribution in [0.5, 0.6) is 0 Å². The average Bonchev–Trinajstić information content (AvgIpc) is 1.99. The van der Waals surface area contributed by atoms with Gasteiger partial charge in [0.2, 0.25) is 0 Å². The van der Waals surface area contributed by atoms with E-state index in [4.69, 9.17) is 0 Å². The Balaban J connectivity index is 4.42. The van der Waals surface area contributed by atoms with Gasteiger partial charge < -0.3 is 0 Å². The summed E-state index contributed by atoms with van der Waals surface area (Å²) in [5.74, 6) is -9.73. The number of halogens is 4. The van der Waals surface area contributed by atoms with Gasteiger partial charge in [-0.15, -0.1) is 0 Å². The van der Waals surface area contributed by atoms with Gasteiger partial charge in [0, 0.05) is 13.3 Å². The SMILES string of the molecule is COS(=O)(=O)CCC(F)(F)C(C)(F)F. The van der Waals surface area contributed by atoms with Gasteiger partial charge >= 0.3 is 11.8 Å². The molecule has 0 N–H and O–H groups in total. The molecule has 3 nitrogen and oxygen atoms in total. The quantitative estimate of drug-likeness (QED) is 0.540. The minimum Gasteiger partial charge on any atom is -0.273 e. The highest BCUT2D eigenvalue weighted by Gasteiger charge is 2.52. The van der Waals surface area contributed by atoms with E-state index in [9.17, 15) is 26.0 Å². The smallest absolute Gasteiger partial charge is 0.273 e. The van der Waals surface area contributed by atoms with Gasteiger partial charge in [0.15, 0.2) is 0 Å². The Kier molecular flexibility index (Phi) is 3.91. The molecule has 86 valence electrons. The molecule has 0 atom stereocenters. The molecule has 8 heteroatoms. The molecule has 0 bridgehead atoms. The molecule has 0 saturated carbocycles. The van der Waals surface area contributed by atoms with Gasteiger partial charge in [-0.3, -0.25) is 4.18 Å². The van der Waals surface area contributed by atoms with Crippen molar-refractivity contribution in [3.8, 4) is 0 Å². The molecule has 0 spiro atoms. The Morgan fingerprint density at radius 2 is 1.64 bits per heavy atom. The van der Waals surface area contributed by atoms with Crippen molar-refractivity contribution in [2.75, 3.05) is 12.9 Å². The molecule has 0 heterocycles. The van der Waals surface area contributed by atoms with Crippen LogP contribution in [0.1, 0.15) is 13.3 Å². The van der Waals surface area contributed by atoms with Gasteiger partial charge in [-0.05, 0) is 0 Å². The van der Waals surface area contributed by atoms with Gasteiger partial charge in [0.1, 0.15) is 0 Å². The van der Waals surface area contributed by atoms with Crippen molar-refractivity contribution in [2.24, 2.45) is 0 Å². The molecule has 0 radical (unpaired) electrons. The van der Waals surface area contributed by atoms with Crippen molar-refractivity contribution in [2.45, 2.75) is 25.2 Å². The summed E-state index contributed by atoms with van der Waals surface area (Å²) in [5.41, 5.74) is 0. The number of hydrogen-bond acceptors (Lipinski definition) is 3. The molecule has 0 aromatic heterocycles. The van der Waals surface area contributed by atoms with Crippen LogP contribution in [0.15, 0.2) is 0 Å².